The SMILES string of the molecule is Cc1cc(NC(C)C2CC3CCC2C3)n2ncnc2n1. The van der Waals surface area contributed by atoms with Gasteiger partial charge in [0.15, 0.2) is 0 Å². The van der Waals surface area contributed by atoms with E-state index in [0.717, 1.165) is 29.3 Å². The standard InChI is InChI=1S/C15H21N5/c1-9-5-14(20-15(18-9)16-8-17-20)19-10(2)13-7-11-3-4-12(13)6-11/h5,8,10-13,19H,3-4,6-7H2,1-2H3. The summed E-state index contributed by atoms with van der Waals surface area (Å²) < 4.78 is 1.80. The lowest BCUT2D eigenvalue weighted by molar-refractivity contribution is 0.303. The fourth-order valence-corrected chi connectivity index (χ4v) is 4.28. The van der Waals surface area contributed by atoms with Gasteiger partial charge in [0.25, 0.3) is 5.78 Å². The van der Waals surface area contributed by atoms with Crippen molar-refractivity contribution >= 4 is 11.6 Å². The van der Waals surface area contributed by atoms with E-state index in [1.54, 1.807) is 10.8 Å². The Labute approximate surface area is 118 Å². The van der Waals surface area contributed by atoms with Gasteiger partial charge in [-0.15, -0.1) is 0 Å². The summed E-state index contributed by atoms with van der Waals surface area (Å²) in [5.41, 5.74) is 0.980. The highest BCUT2D eigenvalue weighted by atomic mass is 15.4. The lowest BCUT2D eigenvalue weighted by Crippen LogP contribution is -2.30. The van der Waals surface area contributed by atoms with Crippen LogP contribution in [0.15, 0.2) is 12.4 Å². The summed E-state index contributed by atoms with van der Waals surface area (Å²) in [7, 11) is 0. The van der Waals surface area contributed by atoms with Gasteiger partial charge in [0, 0.05) is 17.8 Å². The van der Waals surface area contributed by atoms with Gasteiger partial charge >= 0.3 is 0 Å². The summed E-state index contributed by atoms with van der Waals surface area (Å²) in [5, 5.41) is 7.93. The molecule has 0 amide bonds. The first-order chi connectivity index (χ1) is 9.70. The average Bonchev–Trinajstić information content (AvgIpc) is 3.13. The number of rotatable bonds is 3. The molecular weight excluding hydrogens is 250 g/mol. The van der Waals surface area contributed by atoms with Crippen molar-refractivity contribution in [3.8, 4) is 0 Å². The third kappa shape index (κ3) is 1.87. The van der Waals surface area contributed by atoms with Gasteiger partial charge in [-0.3, -0.25) is 0 Å². The number of hydrogen-bond donors (Lipinski definition) is 1. The van der Waals surface area contributed by atoms with E-state index in [4.69, 9.17) is 0 Å². The molecule has 2 fully saturated rings. The molecule has 2 saturated carbocycles. The Morgan fingerprint density at radius 1 is 1.35 bits per heavy atom. The van der Waals surface area contributed by atoms with Gasteiger partial charge in [0.2, 0.25) is 0 Å². The Morgan fingerprint density at radius 2 is 2.25 bits per heavy atom. The van der Waals surface area contributed by atoms with Crippen LogP contribution < -0.4 is 5.32 Å². The molecule has 1 N–H and O–H groups in total. The molecule has 20 heavy (non-hydrogen) atoms. The molecule has 4 unspecified atom stereocenters. The van der Waals surface area contributed by atoms with Crippen molar-refractivity contribution in [2.45, 2.75) is 45.6 Å². The minimum Gasteiger partial charge on any atom is -0.367 e. The summed E-state index contributed by atoms with van der Waals surface area (Å²) in [4.78, 5) is 8.57. The predicted molar refractivity (Wildman–Crippen MR) is 77.5 cm³/mol. The molecule has 2 bridgehead atoms. The van der Waals surface area contributed by atoms with Gasteiger partial charge in [-0.2, -0.15) is 14.6 Å². The van der Waals surface area contributed by atoms with Crippen LogP contribution in [0.25, 0.3) is 5.78 Å². The van der Waals surface area contributed by atoms with Crippen LogP contribution in [0, 0.1) is 24.7 Å². The lowest BCUT2D eigenvalue weighted by atomic mass is 9.84. The number of aromatic nitrogens is 4. The Kier molecular flexibility index (Phi) is 2.69. The quantitative estimate of drug-likeness (QED) is 0.932. The van der Waals surface area contributed by atoms with Crippen LogP contribution in [-0.4, -0.2) is 25.6 Å². The Balaban J connectivity index is 1.59. The topological polar surface area (TPSA) is 55.1 Å². The zero-order valence-electron chi connectivity index (χ0n) is 12.1. The number of anilines is 1. The maximum absolute atomic E-state index is 4.39. The van der Waals surface area contributed by atoms with Crippen molar-refractivity contribution < 1.29 is 0 Å². The van der Waals surface area contributed by atoms with Crippen molar-refractivity contribution in [2.24, 2.45) is 17.8 Å². The Morgan fingerprint density at radius 3 is 3.00 bits per heavy atom. The second-order valence-corrected chi connectivity index (χ2v) is 6.53. The van der Waals surface area contributed by atoms with Crippen LogP contribution in [0.2, 0.25) is 0 Å². The molecule has 0 saturated heterocycles. The second kappa shape index (κ2) is 4.43. The third-order valence-electron chi connectivity index (χ3n) is 5.19. The first-order valence-corrected chi connectivity index (χ1v) is 7.64. The number of nitrogens with zero attached hydrogens (tertiary/aromatic N) is 4. The number of aryl methyl sites for hydroxylation is 1. The Bertz CT molecular complexity index is 634. The fourth-order valence-electron chi connectivity index (χ4n) is 4.28. The summed E-state index contributed by atoms with van der Waals surface area (Å²) in [5.74, 6) is 4.41. The minimum absolute atomic E-state index is 0.486. The van der Waals surface area contributed by atoms with Crippen LogP contribution in [0.5, 0.6) is 0 Å². The van der Waals surface area contributed by atoms with Crippen molar-refractivity contribution in [1.29, 1.82) is 0 Å². The molecule has 106 valence electrons. The summed E-state index contributed by atoms with van der Waals surface area (Å²) in [6.45, 7) is 4.31. The lowest BCUT2D eigenvalue weighted by Gasteiger charge is -2.29. The monoisotopic (exact) mass is 271 g/mol. The van der Waals surface area contributed by atoms with E-state index in [0.29, 0.717) is 11.8 Å². The highest BCUT2D eigenvalue weighted by Gasteiger charge is 2.41. The highest BCUT2D eigenvalue weighted by molar-refractivity contribution is 5.45. The third-order valence-corrected chi connectivity index (χ3v) is 5.19. The van der Waals surface area contributed by atoms with Crippen LogP contribution in [0.3, 0.4) is 0 Å². The van der Waals surface area contributed by atoms with Crippen molar-refractivity contribution in [3.05, 3.63) is 18.1 Å². The van der Waals surface area contributed by atoms with Gasteiger partial charge in [0.1, 0.15) is 12.1 Å². The first kappa shape index (κ1) is 12.1. The van der Waals surface area contributed by atoms with E-state index >= 15 is 0 Å². The molecular formula is C15H21N5. The van der Waals surface area contributed by atoms with E-state index in [-0.39, 0.29) is 0 Å². The molecule has 2 heterocycles. The normalized spacial score (nSPS) is 30.0. The maximum atomic E-state index is 4.39. The van der Waals surface area contributed by atoms with Crippen molar-refractivity contribution in [2.75, 3.05) is 5.32 Å². The molecule has 5 heteroatoms. The zero-order valence-corrected chi connectivity index (χ0v) is 12.1. The maximum Gasteiger partial charge on any atom is 0.254 e. The number of fused-ring (bicyclic) bond motifs is 3. The van der Waals surface area contributed by atoms with Gasteiger partial charge in [0.05, 0.1) is 0 Å². The molecule has 2 aliphatic carbocycles. The first-order valence-electron chi connectivity index (χ1n) is 7.64. The molecule has 2 aliphatic rings. The molecule has 0 radical (unpaired) electrons. The van der Waals surface area contributed by atoms with E-state index < -0.39 is 0 Å². The molecule has 2 aromatic heterocycles. The van der Waals surface area contributed by atoms with Crippen LogP contribution >= 0.6 is 0 Å². The van der Waals surface area contributed by atoms with Crippen LogP contribution in [0.1, 0.15) is 38.3 Å². The summed E-state index contributed by atoms with van der Waals surface area (Å²) >= 11 is 0. The molecule has 4 atom stereocenters. The molecule has 0 spiro atoms. The van der Waals surface area contributed by atoms with E-state index in [9.17, 15) is 0 Å². The summed E-state index contributed by atoms with van der Waals surface area (Å²) in [6, 6.07) is 2.55. The fraction of sp³-hybridized carbons (Fsp3) is 0.667. The molecule has 0 aromatic carbocycles. The zero-order chi connectivity index (χ0) is 13.7. The van der Waals surface area contributed by atoms with Crippen LogP contribution in [-0.2, 0) is 0 Å². The number of hydrogen-bond acceptors (Lipinski definition) is 4. The van der Waals surface area contributed by atoms with E-state index in [1.165, 1.54) is 25.7 Å². The van der Waals surface area contributed by atoms with Crippen LogP contribution in [0.4, 0.5) is 5.82 Å². The van der Waals surface area contributed by atoms with E-state index in [2.05, 4.69) is 33.4 Å². The largest absolute Gasteiger partial charge is 0.367 e. The average molecular weight is 271 g/mol. The van der Waals surface area contributed by atoms with Crippen molar-refractivity contribution in [1.82, 2.24) is 19.6 Å². The van der Waals surface area contributed by atoms with Gasteiger partial charge in [-0.1, -0.05) is 6.42 Å². The van der Waals surface area contributed by atoms with Gasteiger partial charge in [-0.05, 0) is 50.9 Å². The smallest absolute Gasteiger partial charge is 0.254 e. The molecule has 4 rings (SSSR count). The summed E-state index contributed by atoms with van der Waals surface area (Å²) in [6.07, 6.45) is 7.29. The minimum atomic E-state index is 0.486. The van der Waals surface area contributed by atoms with Crippen molar-refractivity contribution in [3.63, 3.8) is 0 Å². The molecule has 5 nitrogen and oxygen atoms in total. The predicted octanol–water partition coefficient (Wildman–Crippen LogP) is 2.67. The van der Waals surface area contributed by atoms with Gasteiger partial charge in [-0.25, -0.2) is 4.98 Å². The van der Waals surface area contributed by atoms with E-state index in [1.807, 2.05) is 6.92 Å². The Hall–Kier alpha value is -1.65. The second-order valence-electron chi connectivity index (χ2n) is 6.53. The van der Waals surface area contributed by atoms with Gasteiger partial charge < -0.3 is 5.32 Å². The number of nitrogens with one attached hydrogen (secondary N) is 1. The molecule has 2 aromatic rings. The highest BCUT2D eigenvalue weighted by Crippen LogP contribution is 2.49. The molecule has 0 aliphatic heterocycles.